The van der Waals surface area contributed by atoms with Gasteiger partial charge in [0.25, 0.3) is 0 Å². The van der Waals surface area contributed by atoms with E-state index in [0.29, 0.717) is 0 Å². The number of aromatic nitrogens is 1. The Balaban J connectivity index is 1.96. The number of rotatable bonds is 3. The molecule has 0 saturated carbocycles. The molecular weight excluding hydrogens is 314 g/mol. The van der Waals surface area contributed by atoms with Gasteiger partial charge in [-0.2, -0.15) is 0 Å². The predicted octanol–water partition coefficient (Wildman–Crippen LogP) is 1.76. The zero-order chi connectivity index (χ0) is 13.0. The van der Waals surface area contributed by atoms with Crippen LogP contribution in [0.5, 0.6) is 0 Å². The van der Waals surface area contributed by atoms with Crippen LogP contribution in [-0.2, 0) is 4.79 Å². The molecule has 1 aliphatic rings. The standard InChI is InChI=1S/C12H16BrN3OS/c1-9(12(17)16-7-5-14-6-8-16)18-11-10(13)3-2-4-15-11/h2-4,9,14H,5-8H2,1H3. The van der Waals surface area contributed by atoms with E-state index in [1.165, 1.54) is 11.8 Å². The molecule has 98 valence electrons. The van der Waals surface area contributed by atoms with E-state index in [-0.39, 0.29) is 11.2 Å². The summed E-state index contributed by atoms with van der Waals surface area (Å²) in [6.45, 7) is 5.31. The predicted molar refractivity (Wildman–Crippen MR) is 76.7 cm³/mol. The topological polar surface area (TPSA) is 45.2 Å². The fourth-order valence-corrected chi connectivity index (χ4v) is 3.24. The van der Waals surface area contributed by atoms with Crippen LogP contribution in [0.25, 0.3) is 0 Å². The summed E-state index contributed by atoms with van der Waals surface area (Å²) in [5.74, 6) is 0.194. The number of amides is 1. The highest BCUT2D eigenvalue weighted by Crippen LogP contribution is 2.29. The third kappa shape index (κ3) is 3.46. The van der Waals surface area contributed by atoms with Crippen molar-refractivity contribution >= 4 is 33.6 Å². The number of nitrogens with zero attached hydrogens (tertiary/aromatic N) is 2. The second-order valence-electron chi connectivity index (χ2n) is 4.13. The van der Waals surface area contributed by atoms with Crippen LogP contribution in [0.1, 0.15) is 6.92 Å². The molecule has 1 atom stereocenters. The van der Waals surface area contributed by atoms with Crippen LogP contribution in [0, 0.1) is 0 Å². The van der Waals surface area contributed by atoms with E-state index in [2.05, 4.69) is 26.2 Å². The number of halogens is 1. The van der Waals surface area contributed by atoms with Gasteiger partial charge in [0.2, 0.25) is 5.91 Å². The Morgan fingerprint density at radius 3 is 2.94 bits per heavy atom. The van der Waals surface area contributed by atoms with E-state index in [0.717, 1.165) is 35.7 Å². The highest BCUT2D eigenvalue weighted by atomic mass is 79.9. The van der Waals surface area contributed by atoms with Crippen molar-refractivity contribution in [2.24, 2.45) is 0 Å². The Bertz CT molecular complexity index is 424. The lowest BCUT2D eigenvalue weighted by atomic mass is 10.3. The van der Waals surface area contributed by atoms with Gasteiger partial charge in [-0.3, -0.25) is 4.79 Å². The van der Waals surface area contributed by atoms with Crippen LogP contribution >= 0.6 is 27.7 Å². The Kier molecular flexibility index (Phi) is 5.03. The third-order valence-electron chi connectivity index (χ3n) is 2.79. The SMILES string of the molecule is CC(Sc1ncccc1Br)C(=O)N1CCNCC1. The quantitative estimate of drug-likeness (QED) is 0.858. The molecule has 1 unspecified atom stereocenters. The van der Waals surface area contributed by atoms with Crippen molar-refractivity contribution in [3.8, 4) is 0 Å². The zero-order valence-electron chi connectivity index (χ0n) is 10.2. The Morgan fingerprint density at radius 1 is 1.56 bits per heavy atom. The highest BCUT2D eigenvalue weighted by Gasteiger charge is 2.23. The molecule has 0 radical (unpaired) electrons. The van der Waals surface area contributed by atoms with Crippen molar-refractivity contribution in [3.05, 3.63) is 22.8 Å². The molecule has 0 aromatic carbocycles. The summed E-state index contributed by atoms with van der Waals surface area (Å²) < 4.78 is 0.940. The van der Waals surface area contributed by atoms with Gasteiger partial charge in [0.1, 0.15) is 5.03 Å². The number of piperazine rings is 1. The molecule has 0 bridgehead atoms. The molecule has 2 rings (SSSR count). The van der Waals surface area contributed by atoms with Gasteiger partial charge in [0.05, 0.1) is 5.25 Å². The number of thioether (sulfide) groups is 1. The molecule has 1 aromatic rings. The van der Waals surface area contributed by atoms with Crippen molar-refractivity contribution in [1.82, 2.24) is 15.2 Å². The molecule has 1 aromatic heterocycles. The smallest absolute Gasteiger partial charge is 0.235 e. The first-order valence-corrected chi connectivity index (χ1v) is 7.62. The lowest BCUT2D eigenvalue weighted by Crippen LogP contribution is -2.48. The van der Waals surface area contributed by atoms with Crippen molar-refractivity contribution in [2.45, 2.75) is 17.2 Å². The van der Waals surface area contributed by atoms with Crippen LogP contribution in [-0.4, -0.2) is 47.2 Å². The maximum absolute atomic E-state index is 12.2. The first-order chi connectivity index (χ1) is 8.68. The number of carbonyl (C=O) groups excluding carboxylic acids is 1. The van der Waals surface area contributed by atoms with Gasteiger partial charge in [-0.25, -0.2) is 4.98 Å². The number of hydrogen-bond acceptors (Lipinski definition) is 4. The lowest BCUT2D eigenvalue weighted by molar-refractivity contribution is -0.130. The van der Waals surface area contributed by atoms with Crippen LogP contribution in [0.2, 0.25) is 0 Å². The minimum absolute atomic E-state index is 0.103. The second-order valence-corrected chi connectivity index (χ2v) is 6.31. The van der Waals surface area contributed by atoms with E-state index in [1.807, 2.05) is 24.0 Å². The molecule has 4 nitrogen and oxygen atoms in total. The molecule has 0 aliphatic carbocycles. The lowest BCUT2D eigenvalue weighted by Gasteiger charge is -2.29. The molecule has 6 heteroatoms. The molecule has 1 amide bonds. The largest absolute Gasteiger partial charge is 0.339 e. The van der Waals surface area contributed by atoms with Crippen LogP contribution in [0.15, 0.2) is 27.8 Å². The fourth-order valence-electron chi connectivity index (χ4n) is 1.82. The Hall–Kier alpha value is -0.590. The van der Waals surface area contributed by atoms with Crippen LogP contribution < -0.4 is 5.32 Å². The van der Waals surface area contributed by atoms with Gasteiger partial charge < -0.3 is 10.2 Å². The summed E-state index contributed by atoms with van der Waals surface area (Å²) >= 11 is 4.95. The molecule has 0 spiro atoms. The first kappa shape index (κ1) is 13.8. The average Bonchev–Trinajstić information content (AvgIpc) is 2.41. The molecule has 1 N–H and O–H groups in total. The molecule has 18 heavy (non-hydrogen) atoms. The van der Waals surface area contributed by atoms with Gasteiger partial charge in [-0.05, 0) is 35.0 Å². The number of nitrogens with one attached hydrogen (secondary N) is 1. The number of hydrogen-bond donors (Lipinski definition) is 1. The van der Waals surface area contributed by atoms with Crippen molar-refractivity contribution in [3.63, 3.8) is 0 Å². The molecule has 1 fully saturated rings. The molecule has 1 aliphatic heterocycles. The Labute approximate surface area is 120 Å². The normalized spacial score (nSPS) is 17.6. The zero-order valence-corrected chi connectivity index (χ0v) is 12.6. The van der Waals surface area contributed by atoms with Crippen LogP contribution in [0.3, 0.4) is 0 Å². The maximum Gasteiger partial charge on any atom is 0.235 e. The third-order valence-corrected chi connectivity index (χ3v) is 4.80. The Morgan fingerprint density at radius 2 is 2.28 bits per heavy atom. The first-order valence-electron chi connectivity index (χ1n) is 5.95. The van der Waals surface area contributed by atoms with Crippen molar-refractivity contribution in [1.29, 1.82) is 0 Å². The van der Waals surface area contributed by atoms with E-state index >= 15 is 0 Å². The fraction of sp³-hybridized carbons (Fsp3) is 0.500. The summed E-state index contributed by atoms with van der Waals surface area (Å²) in [6.07, 6.45) is 1.75. The summed E-state index contributed by atoms with van der Waals surface area (Å²) in [7, 11) is 0. The maximum atomic E-state index is 12.2. The monoisotopic (exact) mass is 329 g/mol. The van der Waals surface area contributed by atoms with Crippen molar-refractivity contribution < 1.29 is 4.79 Å². The highest BCUT2D eigenvalue weighted by molar-refractivity contribution is 9.10. The minimum atomic E-state index is -0.103. The summed E-state index contributed by atoms with van der Waals surface area (Å²) in [4.78, 5) is 18.4. The molecule has 1 saturated heterocycles. The van der Waals surface area contributed by atoms with E-state index < -0.39 is 0 Å². The van der Waals surface area contributed by atoms with Crippen molar-refractivity contribution in [2.75, 3.05) is 26.2 Å². The average molecular weight is 330 g/mol. The van der Waals surface area contributed by atoms with Gasteiger partial charge >= 0.3 is 0 Å². The second kappa shape index (κ2) is 6.54. The van der Waals surface area contributed by atoms with Gasteiger partial charge in [0, 0.05) is 36.8 Å². The van der Waals surface area contributed by atoms with E-state index in [1.54, 1.807) is 6.20 Å². The van der Waals surface area contributed by atoms with Gasteiger partial charge in [-0.15, -0.1) is 0 Å². The summed E-state index contributed by atoms with van der Waals surface area (Å²) in [6, 6.07) is 3.81. The summed E-state index contributed by atoms with van der Waals surface area (Å²) in [5.41, 5.74) is 0. The van der Waals surface area contributed by atoms with E-state index in [9.17, 15) is 4.79 Å². The van der Waals surface area contributed by atoms with Gasteiger partial charge in [-0.1, -0.05) is 11.8 Å². The minimum Gasteiger partial charge on any atom is -0.339 e. The van der Waals surface area contributed by atoms with Gasteiger partial charge in [0.15, 0.2) is 0 Å². The number of pyridine rings is 1. The summed E-state index contributed by atoms with van der Waals surface area (Å²) in [5, 5.41) is 4.01. The molecular formula is C12H16BrN3OS. The van der Waals surface area contributed by atoms with E-state index in [4.69, 9.17) is 0 Å². The number of carbonyl (C=O) groups is 1. The van der Waals surface area contributed by atoms with Crippen LogP contribution in [0.4, 0.5) is 0 Å². The molecule has 2 heterocycles.